The van der Waals surface area contributed by atoms with E-state index in [1.807, 2.05) is 32.9 Å². The first-order valence-corrected chi connectivity index (χ1v) is 9.37. The lowest BCUT2D eigenvalue weighted by molar-refractivity contribution is -0.115. The van der Waals surface area contributed by atoms with Gasteiger partial charge in [0.2, 0.25) is 5.91 Å². The van der Waals surface area contributed by atoms with Crippen molar-refractivity contribution in [2.75, 3.05) is 5.32 Å². The summed E-state index contributed by atoms with van der Waals surface area (Å²) in [6.45, 7) is 7.71. The predicted octanol–water partition coefficient (Wildman–Crippen LogP) is 4.92. The second-order valence-corrected chi connectivity index (χ2v) is 7.67. The standard InChI is InChI=1S/C20H20FN3O2S/c1-11-9-12(2)17(13(3)10-11)22-18(25)14(4)27-20-24-23-19(26-20)15-7-5-6-8-16(15)21/h5-10,14H,1-4H3,(H,22,25)/t14-/m1/s1. The van der Waals surface area contributed by atoms with E-state index in [9.17, 15) is 9.18 Å². The summed E-state index contributed by atoms with van der Waals surface area (Å²) < 4.78 is 19.3. The minimum absolute atomic E-state index is 0.0911. The average Bonchev–Trinajstić information content (AvgIpc) is 3.06. The monoisotopic (exact) mass is 385 g/mol. The van der Waals surface area contributed by atoms with Crippen LogP contribution in [0.2, 0.25) is 0 Å². The normalized spacial score (nSPS) is 12.0. The molecule has 1 amide bonds. The van der Waals surface area contributed by atoms with Crippen LogP contribution in [0.25, 0.3) is 11.5 Å². The molecule has 2 aromatic carbocycles. The van der Waals surface area contributed by atoms with E-state index in [2.05, 4.69) is 15.5 Å². The Morgan fingerprint density at radius 1 is 1.15 bits per heavy atom. The number of nitrogens with one attached hydrogen (secondary N) is 1. The van der Waals surface area contributed by atoms with Gasteiger partial charge in [-0.1, -0.05) is 41.6 Å². The Bertz CT molecular complexity index is 964. The third-order valence-corrected chi connectivity index (χ3v) is 5.02. The summed E-state index contributed by atoms with van der Waals surface area (Å²) in [7, 11) is 0. The summed E-state index contributed by atoms with van der Waals surface area (Å²) in [6.07, 6.45) is 0. The van der Waals surface area contributed by atoms with Crippen LogP contribution in [0.1, 0.15) is 23.6 Å². The molecule has 0 bridgehead atoms. The Morgan fingerprint density at radius 2 is 1.81 bits per heavy atom. The molecule has 1 aromatic heterocycles. The molecule has 0 spiro atoms. The fourth-order valence-corrected chi connectivity index (χ4v) is 3.49. The van der Waals surface area contributed by atoms with E-state index in [1.54, 1.807) is 25.1 Å². The van der Waals surface area contributed by atoms with Gasteiger partial charge >= 0.3 is 0 Å². The quantitative estimate of drug-likeness (QED) is 0.632. The number of anilines is 1. The summed E-state index contributed by atoms with van der Waals surface area (Å²) in [5.41, 5.74) is 4.22. The largest absolute Gasteiger partial charge is 0.411 e. The third kappa shape index (κ3) is 4.36. The highest BCUT2D eigenvalue weighted by Crippen LogP contribution is 2.29. The molecule has 0 aliphatic heterocycles. The van der Waals surface area contributed by atoms with Crippen molar-refractivity contribution in [3.63, 3.8) is 0 Å². The van der Waals surface area contributed by atoms with Gasteiger partial charge in [0.05, 0.1) is 10.8 Å². The molecule has 1 heterocycles. The molecule has 0 fully saturated rings. The number of carbonyl (C=O) groups excluding carboxylic acids is 1. The summed E-state index contributed by atoms with van der Waals surface area (Å²) in [5.74, 6) is -0.511. The summed E-state index contributed by atoms with van der Waals surface area (Å²) in [4.78, 5) is 12.6. The fourth-order valence-electron chi connectivity index (χ4n) is 2.81. The number of rotatable bonds is 5. The number of thioether (sulfide) groups is 1. The van der Waals surface area contributed by atoms with Crippen LogP contribution in [-0.2, 0) is 4.79 Å². The van der Waals surface area contributed by atoms with Gasteiger partial charge < -0.3 is 9.73 Å². The minimum atomic E-state index is -0.459. The number of amides is 1. The van der Waals surface area contributed by atoms with E-state index >= 15 is 0 Å². The number of aromatic nitrogens is 2. The molecule has 0 unspecified atom stereocenters. The van der Waals surface area contributed by atoms with Gasteiger partial charge in [0.15, 0.2) is 0 Å². The molecule has 1 N–H and O–H groups in total. The Hall–Kier alpha value is -2.67. The molecule has 1 atom stereocenters. The van der Waals surface area contributed by atoms with Crippen LogP contribution < -0.4 is 5.32 Å². The second-order valence-electron chi connectivity index (χ2n) is 6.38. The van der Waals surface area contributed by atoms with Gasteiger partial charge in [-0.05, 0) is 51.0 Å². The average molecular weight is 385 g/mol. The zero-order chi connectivity index (χ0) is 19.6. The molecule has 0 saturated heterocycles. The smallest absolute Gasteiger partial charge is 0.277 e. The van der Waals surface area contributed by atoms with Crippen molar-refractivity contribution in [3.05, 3.63) is 58.9 Å². The highest BCUT2D eigenvalue weighted by molar-refractivity contribution is 8.00. The maximum atomic E-state index is 13.8. The van der Waals surface area contributed by atoms with Gasteiger partial charge in [-0.3, -0.25) is 4.79 Å². The Kier molecular flexibility index (Phi) is 5.60. The highest BCUT2D eigenvalue weighted by Gasteiger charge is 2.20. The number of nitrogens with zero attached hydrogens (tertiary/aromatic N) is 2. The summed E-state index contributed by atoms with van der Waals surface area (Å²) >= 11 is 1.13. The van der Waals surface area contributed by atoms with Gasteiger partial charge in [0, 0.05) is 5.69 Å². The second kappa shape index (κ2) is 7.92. The van der Waals surface area contributed by atoms with Gasteiger partial charge in [0.1, 0.15) is 5.82 Å². The molecule has 7 heteroatoms. The maximum absolute atomic E-state index is 13.8. The van der Waals surface area contributed by atoms with Gasteiger partial charge in [-0.25, -0.2) is 4.39 Å². The Balaban J connectivity index is 1.70. The number of halogens is 1. The van der Waals surface area contributed by atoms with Crippen molar-refractivity contribution < 1.29 is 13.6 Å². The van der Waals surface area contributed by atoms with E-state index in [4.69, 9.17) is 4.42 Å². The fraction of sp³-hybridized carbons (Fsp3) is 0.250. The molecular formula is C20H20FN3O2S. The molecule has 0 aliphatic rings. The molecule has 140 valence electrons. The van der Waals surface area contributed by atoms with Crippen LogP contribution in [0.4, 0.5) is 10.1 Å². The van der Waals surface area contributed by atoms with Crippen LogP contribution in [-0.4, -0.2) is 21.4 Å². The SMILES string of the molecule is Cc1cc(C)c(NC(=O)[C@@H](C)Sc2nnc(-c3ccccc3F)o2)c(C)c1. The van der Waals surface area contributed by atoms with Crippen molar-refractivity contribution in [1.29, 1.82) is 0 Å². The number of carbonyl (C=O) groups is 1. The van der Waals surface area contributed by atoms with E-state index in [0.29, 0.717) is 0 Å². The molecule has 5 nitrogen and oxygen atoms in total. The lowest BCUT2D eigenvalue weighted by atomic mass is 10.1. The number of aryl methyl sites for hydroxylation is 3. The van der Waals surface area contributed by atoms with Crippen LogP contribution in [0.3, 0.4) is 0 Å². The third-order valence-electron chi connectivity index (χ3n) is 4.08. The van der Waals surface area contributed by atoms with Crippen LogP contribution in [0.15, 0.2) is 46.0 Å². The highest BCUT2D eigenvalue weighted by atomic mass is 32.2. The van der Waals surface area contributed by atoms with E-state index in [0.717, 1.165) is 34.1 Å². The Labute approximate surface area is 161 Å². The molecule has 0 saturated carbocycles. The van der Waals surface area contributed by atoms with Gasteiger partial charge in [0.25, 0.3) is 11.1 Å². The van der Waals surface area contributed by atoms with Gasteiger partial charge in [-0.15, -0.1) is 10.2 Å². The zero-order valence-electron chi connectivity index (χ0n) is 15.5. The lowest BCUT2D eigenvalue weighted by Crippen LogP contribution is -2.23. The zero-order valence-corrected chi connectivity index (χ0v) is 16.4. The number of hydrogen-bond acceptors (Lipinski definition) is 5. The van der Waals surface area contributed by atoms with Crippen molar-refractivity contribution in [2.45, 2.75) is 38.2 Å². The summed E-state index contributed by atoms with van der Waals surface area (Å²) in [6, 6.07) is 10.2. The predicted molar refractivity (Wildman–Crippen MR) is 104 cm³/mol. The first kappa shape index (κ1) is 19.1. The number of benzene rings is 2. The van der Waals surface area contributed by atoms with E-state index in [1.165, 1.54) is 6.07 Å². The van der Waals surface area contributed by atoms with Crippen molar-refractivity contribution >= 4 is 23.4 Å². The van der Waals surface area contributed by atoms with Crippen molar-refractivity contribution in [1.82, 2.24) is 10.2 Å². The van der Waals surface area contributed by atoms with Crippen molar-refractivity contribution in [3.8, 4) is 11.5 Å². The minimum Gasteiger partial charge on any atom is -0.411 e. The first-order valence-electron chi connectivity index (χ1n) is 8.49. The maximum Gasteiger partial charge on any atom is 0.277 e. The number of hydrogen-bond donors (Lipinski definition) is 1. The molecule has 0 radical (unpaired) electrons. The molecule has 0 aliphatic carbocycles. The molecule has 27 heavy (non-hydrogen) atoms. The Morgan fingerprint density at radius 3 is 2.48 bits per heavy atom. The van der Waals surface area contributed by atoms with E-state index in [-0.39, 0.29) is 22.6 Å². The van der Waals surface area contributed by atoms with Crippen LogP contribution in [0.5, 0.6) is 0 Å². The topological polar surface area (TPSA) is 68.0 Å². The molecule has 3 aromatic rings. The molecular weight excluding hydrogens is 365 g/mol. The van der Waals surface area contributed by atoms with Crippen LogP contribution in [0, 0.1) is 26.6 Å². The van der Waals surface area contributed by atoms with Gasteiger partial charge in [-0.2, -0.15) is 0 Å². The van der Waals surface area contributed by atoms with Crippen LogP contribution >= 0.6 is 11.8 Å². The summed E-state index contributed by atoms with van der Waals surface area (Å²) in [5, 5.41) is 10.5. The first-order chi connectivity index (χ1) is 12.8. The van der Waals surface area contributed by atoms with E-state index < -0.39 is 11.1 Å². The van der Waals surface area contributed by atoms with Crippen molar-refractivity contribution in [2.24, 2.45) is 0 Å². The lowest BCUT2D eigenvalue weighted by Gasteiger charge is -2.15. The molecule has 3 rings (SSSR count).